The van der Waals surface area contributed by atoms with Gasteiger partial charge in [0.2, 0.25) is 5.91 Å². The van der Waals surface area contributed by atoms with Crippen LogP contribution in [-0.4, -0.2) is 16.8 Å². The molecule has 0 atom stereocenters. The van der Waals surface area contributed by atoms with Crippen molar-refractivity contribution in [1.82, 2.24) is 16.2 Å². The summed E-state index contributed by atoms with van der Waals surface area (Å²) in [6, 6.07) is 15.8. The molecule has 0 unspecified atom stereocenters. The average molecular weight is 394 g/mol. The molecule has 3 N–H and O–H groups in total. The van der Waals surface area contributed by atoms with Gasteiger partial charge in [0.25, 0.3) is 0 Å². The van der Waals surface area contributed by atoms with Crippen LogP contribution in [0.15, 0.2) is 48.5 Å². The summed E-state index contributed by atoms with van der Waals surface area (Å²) in [7, 11) is 0. The Kier molecular flexibility index (Phi) is 8.04. The highest BCUT2D eigenvalue weighted by Gasteiger charge is 2.03. The molecule has 2 aromatic carbocycles. The van der Waals surface area contributed by atoms with E-state index in [9.17, 15) is 4.79 Å². The van der Waals surface area contributed by atoms with E-state index in [1.807, 2.05) is 24.3 Å². The van der Waals surface area contributed by atoms with Crippen molar-refractivity contribution < 1.29 is 4.79 Å². The highest BCUT2D eigenvalue weighted by molar-refractivity contribution is 7.99. The van der Waals surface area contributed by atoms with Gasteiger partial charge in [0, 0.05) is 17.3 Å². The van der Waals surface area contributed by atoms with Crippen molar-refractivity contribution in [2.75, 3.05) is 5.75 Å². The Hall–Kier alpha value is -1.76. The normalized spacial score (nSPS) is 10.2. The molecule has 0 aliphatic heterocycles. The molecule has 0 spiro atoms. The number of hydrogen-bond acceptors (Lipinski definition) is 3. The minimum Gasteiger partial charge on any atom is -0.357 e. The lowest BCUT2D eigenvalue weighted by molar-refractivity contribution is -0.119. The van der Waals surface area contributed by atoms with Crippen molar-refractivity contribution in [3.63, 3.8) is 0 Å². The summed E-state index contributed by atoms with van der Waals surface area (Å²) in [5, 5.41) is 4.08. The first-order chi connectivity index (χ1) is 12.0. The van der Waals surface area contributed by atoms with E-state index in [2.05, 4.69) is 47.4 Å². The number of rotatable bonds is 6. The third-order valence-electron chi connectivity index (χ3n) is 3.30. The molecule has 0 saturated carbocycles. The van der Waals surface area contributed by atoms with Crippen LogP contribution in [0.1, 0.15) is 16.7 Å². The first-order valence-corrected chi connectivity index (χ1v) is 9.67. The Morgan fingerprint density at radius 3 is 2.36 bits per heavy atom. The minimum absolute atomic E-state index is 0.118. The molecule has 0 aliphatic rings. The highest BCUT2D eigenvalue weighted by Crippen LogP contribution is 2.12. The van der Waals surface area contributed by atoms with E-state index >= 15 is 0 Å². The van der Waals surface area contributed by atoms with Crippen LogP contribution in [0, 0.1) is 6.92 Å². The number of nitrogens with one attached hydrogen (secondary N) is 3. The largest absolute Gasteiger partial charge is 0.357 e. The van der Waals surface area contributed by atoms with Gasteiger partial charge in [0.15, 0.2) is 5.11 Å². The smallest absolute Gasteiger partial charge is 0.248 e. The molecule has 0 heterocycles. The van der Waals surface area contributed by atoms with E-state index in [1.54, 1.807) is 11.8 Å². The molecule has 0 aromatic heterocycles. The van der Waals surface area contributed by atoms with Crippen LogP contribution >= 0.6 is 35.6 Å². The first-order valence-electron chi connectivity index (χ1n) is 7.73. The average Bonchev–Trinajstić information content (AvgIpc) is 2.61. The molecule has 0 saturated heterocycles. The molecule has 0 aliphatic carbocycles. The number of benzene rings is 2. The fourth-order valence-corrected chi connectivity index (χ4v) is 2.97. The van der Waals surface area contributed by atoms with Crippen LogP contribution < -0.4 is 16.2 Å². The zero-order valence-corrected chi connectivity index (χ0v) is 16.2. The lowest BCUT2D eigenvalue weighted by Gasteiger charge is -2.11. The van der Waals surface area contributed by atoms with Gasteiger partial charge in [-0.3, -0.25) is 15.6 Å². The van der Waals surface area contributed by atoms with Crippen molar-refractivity contribution in [1.29, 1.82) is 0 Å². The van der Waals surface area contributed by atoms with Gasteiger partial charge in [-0.2, -0.15) is 0 Å². The van der Waals surface area contributed by atoms with Crippen LogP contribution in [0.25, 0.3) is 0 Å². The third kappa shape index (κ3) is 7.77. The molecule has 7 heteroatoms. The Morgan fingerprint density at radius 1 is 1.04 bits per heavy atom. The van der Waals surface area contributed by atoms with Gasteiger partial charge in [0.05, 0.1) is 5.75 Å². The van der Waals surface area contributed by atoms with E-state index < -0.39 is 0 Å². The number of hydrogen-bond donors (Lipinski definition) is 3. The first kappa shape index (κ1) is 19.6. The Morgan fingerprint density at radius 2 is 1.68 bits per heavy atom. The number of halogens is 1. The van der Waals surface area contributed by atoms with Gasteiger partial charge in [-0.25, -0.2) is 0 Å². The fourth-order valence-electron chi connectivity index (χ4n) is 1.94. The molecule has 4 nitrogen and oxygen atoms in total. The monoisotopic (exact) mass is 393 g/mol. The summed E-state index contributed by atoms with van der Waals surface area (Å²) in [5.41, 5.74) is 8.78. The van der Waals surface area contributed by atoms with Gasteiger partial charge in [-0.1, -0.05) is 53.6 Å². The summed E-state index contributed by atoms with van der Waals surface area (Å²) >= 11 is 12.5. The van der Waals surface area contributed by atoms with Crippen LogP contribution in [0.4, 0.5) is 0 Å². The van der Waals surface area contributed by atoms with Crippen molar-refractivity contribution in [3.8, 4) is 0 Å². The molecule has 0 fully saturated rings. The lowest BCUT2D eigenvalue weighted by atomic mass is 10.2. The number of amides is 1. The van der Waals surface area contributed by atoms with E-state index in [0.29, 0.717) is 22.4 Å². The van der Waals surface area contributed by atoms with E-state index in [1.165, 1.54) is 11.1 Å². The predicted octanol–water partition coefficient (Wildman–Crippen LogP) is 3.58. The molecule has 0 bridgehead atoms. The fraction of sp³-hybridized carbons (Fsp3) is 0.222. The number of carbonyl (C=O) groups is 1. The lowest BCUT2D eigenvalue weighted by Crippen LogP contribution is -2.47. The summed E-state index contributed by atoms with van der Waals surface area (Å²) in [5.74, 6) is 1.04. The molecular weight excluding hydrogens is 374 g/mol. The van der Waals surface area contributed by atoms with Gasteiger partial charge >= 0.3 is 0 Å². The standard InChI is InChI=1S/C18H20ClN3OS2/c1-13-2-4-15(5-3-13)11-25-12-17(23)21-22-18(24)20-10-14-6-8-16(19)9-7-14/h2-9H,10-12H2,1H3,(H,21,23)(H2,20,22,24). The van der Waals surface area contributed by atoms with Crippen molar-refractivity contribution in [2.45, 2.75) is 19.2 Å². The maximum atomic E-state index is 11.8. The molecule has 25 heavy (non-hydrogen) atoms. The second-order valence-corrected chi connectivity index (χ2v) is 7.29. The van der Waals surface area contributed by atoms with E-state index in [4.69, 9.17) is 23.8 Å². The summed E-state index contributed by atoms with van der Waals surface area (Å²) in [6.07, 6.45) is 0. The Balaban J connectivity index is 1.59. The van der Waals surface area contributed by atoms with E-state index in [-0.39, 0.29) is 5.91 Å². The molecule has 1 amide bonds. The van der Waals surface area contributed by atoms with Crippen molar-refractivity contribution in [2.24, 2.45) is 0 Å². The second kappa shape index (κ2) is 10.3. The second-order valence-electron chi connectivity index (χ2n) is 5.46. The Bertz CT molecular complexity index is 705. The quantitative estimate of drug-likeness (QED) is 0.517. The van der Waals surface area contributed by atoms with Gasteiger partial charge in [0.1, 0.15) is 0 Å². The number of hydrazine groups is 1. The molecule has 2 aromatic rings. The zero-order valence-electron chi connectivity index (χ0n) is 13.8. The van der Waals surface area contributed by atoms with Gasteiger partial charge < -0.3 is 5.32 Å². The zero-order chi connectivity index (χ0) is 18.1. The minimum atomic E-state index is -0.118. The summed E-state index contributed by atoms with van der Waals surface area (Å²) in [6.45, 7) is 2.61. The van der Waals surface area contributed by atoms with E-state index in [0.717, 1.165) is 11.3 Å². The number of thioether (sulfide) groups is 1. The van der Waals surface area contributed by atoms with Gasteiger partial charge in [-0.05, 0) is 42.4 Å². The third-order valence-corrected chi connectivity index (χ3v) is 4.81. The van der Waals surface area contributed by atoms with Crippen molar-refractivity contribution >= 4 is 46.6 Å². The topological polar surface area (TPSA) is 53.2 Å². The number of thiocarbonyl (C=S) groups is 1. The molecule has 0 radical (unpaired) electrons. The molecular formula is C18H20ClN3OS2. The van der Waals surface area contributed by atoms with Crippen LogP contribution in [0.3, 0.4) is 0 Å². The highest BCUT2D eigenvalue weighted by atomic mass is 35.5. The summed E-state index contributed by atoms with van der Waals surface area (Å²) in [4.78, 5) is 11.8. The van der Waals surface area contributed by atoms with Gasteiger partial charge in [-0.15, -0.1) is 11.8 Å². The Labute approximate surface area is 162 Å². The maximum Gasteiger partial charge on any atom is 0.248 e. The molecule has 2 rings (SSSR count). The van der Waals surface area contributed by atoms with Crippen molar-refractivity contribution in [3.05, 3.63) is 70.2 Å². The number of carbonyl (C=O) groups excluding carboxylic acids is 1. The van der Waals surface area contributed by atoms with Crippen LogP contribution in [-0.2, 0) is 17.1 Å². The predicted molar refractivity (Wildman–Crippen MR) is 110 cm³/mol. The van der Waals surface area contributed by atoms with Crippen LogP contribution in [0.2, 0.25) is 5.02 Å². The maximum absolute atomic E-state index is 11.8. The van der Waals surface area contributed by atoms with Crippen LogP contribution in [0.5, 0.6) is 0 Å². The summed E-state index contributed by atoms with van der Waals surface area (Å²) < 4.78 is 0. The SMILES string of the molecule is Cc1ccc(CSCC(=O)NNC(=S)NCc2ccc(Cl)cc2)cc1. The molecule has 132 valence electrons. The number of aryl methyl sites for hydroxylation is 1.